The molecule has 316 valence electrons. The molecule has 0 saturated heterocycles. The molecule has 0 atom stereocenters. The number of hydrogen-bond acceptors (Lipinski definition) is 5. The lowest BCUT2D eigenvalue weighted by atomic mass is 9.36. The van der Waals surface area contributed by atoms with Crippen molar-refractivity contribution in [3.63, 3.8) is 0 Å². The lowest BCUT2D eigenvalue weighted by Crippen LogP contribution is -2.60. The van der Waals surface area contributed by atoms with E-state index in [2.05, 4.69) is 225 Å². The molecule has 6 aromatic carbocycles. The number of rotatable bonds is 7. The van der Waals surface area contributed by atoms with E-state index in [1.54, 1.807) is 11.3 Å². The molecule has 3 heterocycles. The number of nitrogens with zero attached hydrogens (tertiary/aromatic N) is 3. The maximum absolute atomic E-state index is 8.67. The van der Waals surface area contributed by atoms with Gasteiger partial charge in [-0.25, -0.2) is 0 Å². The van der Waals surface area contributed by atoms with Crippen LogP contribution in [0.3, 0.4) is 0 Å². The summed E-state index contributed by atoms with van der Waals surface area (Å²) in [4.78, 5) is 8.31. The highest BCUT2D eigenvalue weighted by atomic mass is 32.1. The van der Waals surface area contributed by atoms with E-state index < -0.39 is 0 Å². The Hall–Kier alpha value is -6.11. The summed E-state index contributed by atoms with van der Waals surface area (Å²) in [5.74, 6) is 0. The predicted octanol–water partition coefficient (Wildman–Crippen LogP) is 14.5. The van der Waals surface area contributed by atoms with Gasteiger partial charge in [-0.15, -0.1) is 11.3 Å². The monoisotopic (exact) mass is 842 g/mol. The van der Waals surface area contributed by atoms with Crippen LogP contribution in [0.15, 0.2) is 134 Å². The molecule has 0 unspecified atom stereocenters. The van der Waals surface area contributed by atoms with E-state index in [1.165, 1.54) is 61.1 Å². The van der Waals surface area contributed by atoms with E-state index in [9.17, 15) is 0 Å². The van der Waals surface area contributed by atoms with Crippen LogP contribution >= 0.6 is 11.3 Å². The van der Waals surface area contributed by atoms with Crippen molar-refractivity contribution in [1.82, 2.24) is 0 Å². The molecule has 0 bridgehead atoms. The molecule has 1 aromatic heterocycles. The van der Waals surface area contributed by atoms with E-state index in [1.807, 2.05) is 6.08 Å². The fourth-order valence-electron chi connectivity index (χ4n) is 9.31. The second kappa shape index (κ2) is 15.3. The summed E-state index contributed by atoms with van der Waals surface area (Å²) in [5, 5.41) is 8.67. The maximum atomic E-state index is 8.67. The van der Waals surface area contributed by atoms with Gasteiger partial charge in [0.05, 0.1) is 10.6 Å². The third-order valence-corrected chi connectivity index (χ3v) is 14.2. The number of fused-ring (bicyclic) bond motifs is 4. The normalized spacial score (nSPS) is 13.3. The second-order valence-electron chi connectivity index (χ2n) is 20.6. The minimum atomic E-state index is -0.146. The van der Waals surface area contributed by atoms with Gasteiger partial charge >= 0.3 is 0 Å². The topological polar surface area (TPSA) is 33.6 Å². The zero-order valence-corrected chi connectivity index (χ0v) is 39.6. The molecular weight excluding hydrogens is 784 g/mol. The molecule has 2 aliphatic rings. The number of aryl methyl sites for hydroxylation is 2. The summed E-state index contributed by atoms with van der Waals surface area (Å²) in [6, 6.07) is 48.1. The fraction of sp³-hybridized carbons (Fsp3) is 0.246. The molecule has 0 saturated carbocycles. The van der Waals surface area contributed by atoms with Crippen LogP contribution in [0.25, 0.3) is 6.08 Å². The van der Waals surface area contributed by atoms with Crippen LogP contribution < -0.4 is 30.4 Å². The van der Waals surface area contributed by atoms with Gasteiger partial charge in [-0.05, 0) is 131 Å². The molecule has 1 N–H and O–H groups in total. The smallest absolute Gasteiger partial charge is 0.264 e. The summed E-state index contributed by atoms with van der Waals surface area (Å²) < 4.78 is 1.23. The average Bonchev–Trinajstić information content (AvgIpc) is 3.62. The van der Waals surface area contributed by atoms with Crippen LogP contribution in [-0.4, -0.2) is 12.9 Å². The Labute approximate surface area is 380 Å². The van der Waals surface area contributed by atoms with Gasteiger partial charge in [-0.3, -0.25) is 0 Å². The van der Waals surface area contributed by atoms with E-state index in [-0.39, 0.29) is 23.0 Å². The van der Waals surface area contributed by atoms with Gasteiger partial charge in [0.1, 0.15) is 0 Å². The van der Waals surface area contributed by atoms with E-state index >= 15 is 0 Å². The van der Waals surface area contributed by atoms with Gasteiger partial charge < -0.3 is 20.1 Å². The van der Waals surface area contributed by atoms with Crippen molar-refractivity contribution in [3.8, 4) is 0 Å². The highest BCUT2D eigenvalue weighted by Gasteiger charge is 2.46. The molecule has 2 aliphatic heterocycles. The minimum absolute atomic E-state index is 0.0367. The predicted molar refractivity (Wildman–Crippen MR) is 277 cm³/mol. The van der Waals surface area contributed by atoms with Crippen molar-refractivity contribution >= 4 is 97.2 Å². The van der Waals surface area contributed by atoms with Gasteiger partial charge in [-0.2, -0.15) is 0 Å². The molecule has 0 radical (unpaired) electrons. The minimum Gasteiger partial charge on any atom is -0.311 e. The Morgan fingerprint density at radius 2 is 1.02 bits per heavy atom. The number of anilines is 9. The lowest BCUT2D eigenvalue weighted by molar-refractivity contribution is 0.590. The van der Waals surface area contributed by atoms with Crippen molar-refractivity contribution in [3.05, 3.63) is 172 Å². The molecular formula is C57H59BN4S. The first-order chi connectivity index (χ1) is 29.9. The van der Waals surface area contributed by atoms with Crippen molar-refractivity contribution < 1.29 is 0 Å². The highest BCUT2D eigenvalue weighted by molar-refractivity contribution is 7.30. The summed E-state index contributed by atoms with van der Waals surface area (Å²) in [5.41, 5.74) is 19.9. The first-order valence-electron chi connectivity index (χ1n) is 22.2. The Morgan fingerprint density at radius 1 is 0.556 bits per heavy atom. The Bertz CT molecular complexity index is 2830. The van der Waals surface area contributed by atoms with Crippen LogP contribution in [0.2, 0.25) is 0 Å². The third kappa shape index (κ3) is 7.32. The first-order valence-corrected chi connectivity index (χ1v) is 23.1. The van der Waals surface area contributed by atoms with Crippen LogP contribution in [0.1, 0.15) is 101 Å². The molecule has 0 fully saturated rings. The summed E-state index contributed by atoms with van der Waals surface area (Å²) >= 11 is 1.73. The molecule has 6 heteroatoms. The largest absolute Gasteiger partial charge is 0.311 e. The molecule has 7 aromatic rings. The second-order valence-corrected chi connectivity index (χ2v) is 21.7. The van der Waals surface area contributed by atoms with Gasteiger partial charge in [0, 0.05) is 62.1 Å². The zero-order valence-electron chi connectivity index (χ0n) is 38.8. The van der Waals surface area contributed by atoms with Crippen molar-refractivity contribution in [2.45, 2.75) is 92.4 Å². The summed E-state index contributed by atoms with van der Waals surface area (Å²) in [7, 11) is 0. The number of thiophene rings is 1. The SMILES string of the molecule is C=Cc1c(C=N)sc2c1N(c1ccc(C)cc1)c1cc(C(C)(C)C)cc3c1B2c1ccc(N(c2ccc(C(C)(C)C)cc2)c2ccc(C(C)(C)C)cc2)cc1N3c1ccc(C)cc1. The Morgan fingerprint density at radius 3 is 1.48 bits per heavy atom. The summed E-state index contributed by atoms with van der Waals surface area (Å²) in [6.45, 7) is 29.2. The van der Waals surface area contributed by atoms with Gasteiger partial charge in [0.25, 0.3) is 6.71 Å². The average molecular weight is 843 g/mol. The quantitative estimate of drug-likeness (QED) is 0.128. The highest BCUT2D eigenvalue weighted by Crippen LogP contribution is 2.50. The third-order valence-electron chi connectivity index (χ3n) is 13.0. The summed E-state index contributed by atoms with van der Waals surface area (Å²) in [6.07, 6.45) is 3.47. The molecule has 4 nitrogen and oxygen atoms in total. The first kappa shape index (κ1) is 42.2. The standard InChI is InChI=1S/C57H59BN4S/c1-13-46-51(35-59)63-54-53(46)62(44-24-16-37(3)17-25-44)50-33-40(57(10,11)12)32-49-52(50)58(54)47-31-30-45(34-48(47)61(49)43-22-14-36(2)15-23-43)60(41-26-18-38(19-27-41)55(4,5)6)42-28-20-39(21-29-42)56(7,8)9/h13-35,59H,1H2,2-12H3. The number of benzene rings is 6. The maximum Gasteiger partial charge on any atom is 0.264 e. The molecule has 9 rings (SSSR count). The van der Waals surface area contributed by atoms with E-state index in [0.29, 0.717) is 0 Å². The number of hydrogen-bond donors (Lipinski definition) is 1. The van der Waals surface area contributed by atoms with Crippen molar-refractivity contribution in [1.29, 1.82) is 5.41 Å². The molecule has 0 spiro atoms. The van der Waals surface area contributed by atoms with E-state index in [0.717, 1.165) is 50.3 Å². The van der Waals surface area contributed by atoms with E-state index in [4.69, 9.17) is 5.41 Å². The van der Waals surface area contributed by atoms with Gasteiger partial charge in [-0.1, -0.05) is 141 Å². The van der Waals surface area contributed by atoms with Gasteiger partial charge in [0.2, 0.25) is 0 Å². The zero-order chi connectivity index (χ0) is 44.7. The number of nitrogens with one attached hydrogen (secondary N) is 1. The molecule has 0 aliphatic carbocycles. The molecule has 0 amide bonds. The fourth-order valence-corrected chi connectivity index (χ4v) is 10.6. The Balaban J connectivity index is 1.36. The van der Waals surface area contributed by atoms with Crippen LogP contribution in [-0.2, 0) is 16.2 Å². The van der Waals surface area contributed by atoms with Crippen molar-refractivity contribution in [2.24, 2.45) is 0 Å². The van der Waals surface area contributed by atoms with Gasteiger partial charge in [0.15, 0.2) is 0 Å². The molecule has 63 heavy (non-hydrogen) atoms. The van der Waals surface area contributed by atoms with Crippen LogP contribution in [0.5, 0.6) is 0 Å². The lowest BCUT2D eigenvalue weighted by Gasteiger charge is -2.44. The Kier molecular flexibility index (Phi) is 10.3. The van der Waals surface area contributed by atoms with Crippen LogP contribution in [0.4, 0.5) is 51.2 Å². The van der Waals surface area contributed by atoms with Crippen molar-refractivity contribution in [2.75, 3.05) is 14.7 Å². The van der Waals surface area contributed by atoms with Crippen LogP contribution in [0, 0.1) is 19.3 Å².